The summed E-state index contributed by atoms with van der Waals surface area (Å²) in [5, 5.41) is 5.50. The van der Waals surface area contributed by atoms with Crippen molar-refractivity contribution in [3.63, 3.8) is 0 Å². The van der Waals surface area contributed by atoms with E-state index in [4.69, 9.17) is 4.74 Å². The molecule has 7 heteroatoms. The molecule has 1 aromatic carbocycles. The summed E-state index contributed by atoms with van der Waals surface area (Å²) in [6.07, 6.45) is 0.226. The summed E-state index contributed by atoms with van der Waals surface area (Å²) in [6.45, 7) is 2.61. The van der Waals surface area contributed by atoms with Crippen molar-refractivity contribution in [2.24, 2.45) is 0 Å². The molecule has 1 aliphatic rings. The number of halogens is 1. The Hall–Kier alpha value is -2.15. The van der Waals surface area contributed by atoms with E-state index in [1.54, 1.807) is 24.1 Å². The Morgan fingerprint density at radius 1 is 1.45 bits per heavy atom. The highest BCUT2D eigenvalue weighted by molar-refractivity contribution is 5.96. The average molecular weight is 309 g/mol. The van der Waals surface area contributed by atoms with E-state index in [1.807, 2.05) is 6.92 Å². The number of nitrogens with one attached hydrogen (secondary N) is 2. The molecule has 1 fully saturated rings. The van der Waals surface area contributed by atoms with Crippen molar-refractivity contribution < 1.29 is 18.7 Å². The smallest absolute Gasteiger partial charge is 0.315 e. The monoisotopic (exact) mass is 309 g/mol. The molecule has 120 valence electrons. The first-order valence-electron chi connectivity index (χ1n) is 7.11. The number of carbonyl (C=O) groups is 2. The molecule has 2 unspecified atom stereocenters. The molecule has 0 spiro atoms. The standard InChI is InChI=1S/C15H20FN3O3/c1-10(9-22-2)17-15(21)18-12-7-14(20)19(8-12)13-5-3-11(16)4-6-13/h3-6,10,12H,7-9H2,1-2H3,(H2,17,18,21). The molecule has 1 aromatic rings. The lowest BCUT2D eigenvalue weighted by Crippen LogP contribution is -2.47. The zero-order valence-electron chi connectivity index (χ0n) is 12.6. The van der Waals surface area contributed by atoms with Gasteiger partial charge in [-0.1, -0.05) is 0 Å². The molecule has 2 N–H and O–H groups in total. The number of carbonyl (C=O) groups excluding carboxylic acids is 2. The van der Waals surface area contributed by atoms with Crippen molar-refractivity contribution in [1.82, 2.24) is 10.6 Å². The van der Waals surface area contributed by atoms with Gasteiger partial charge in [-0.15, -0.1) is 0 Å². The topological polar surface area (TPSA) is 70.7 Å². The van der Waals surface area contributed by atoms with E-state index in [-0.39, 0.29) is 36.3 Å². The van der Waals surface area contributed by atoms with Gasteiger partial charge < -0.3 is 20.3 Å². The van der Waals surface area contributed by atoms with Gasteiger partial charge in [-0.3, -0.25) is 4.79 Å². The van der Waals surface area contributed by atoms with Crippen LogP contribution in [0.3, 0.4) is 0 Å². The SMILES string of the molecule is COCC(C)NC(=O)NC1CC(=O)N(c2ccc(F)cc2)C1. The van der Waals surface area contributed by atoms with E-state index in [0.29, 0.717) is 18.8 Å². The molecule has 2 atom stereocenters. The van der Waals surface area contributed by atoms with Crippen LogP contribution in [0.2, 0.25) is 0 Å². The Kier molecular flexibility index (Phi) is 5.32. The maximum Gasteiger partial charge on any atom is 0.315 e. The minimum atomic E-state index is -0.350. The van der Waals surface area contributed by atoms with Crippen LogP contribution in [0.1, 0.15) is 13.3 Å². The molecule has 0 bridgehead atoms. The number of hydrogen-bond acceptors (Lipinski definition) is 3. The zero-order valence-corrected chi connectivity index (χ0v) is 12.6. The Labute approximate surface area is 128 Å². The van der Waals surface area contributed by atoms with Crippen LogP contribution in [-0.2, 0) is 9.53 Å². The average Bonchev–Trinajstić information content (AvgIpc) is 2.80. The number of hydrogen-bond donors (Lipinski definition) is 2. The van der Waals surface area contributed by atoms with Gasteiger partial charge in [0.05, 0.1) is 18.7 Å². The van der Waals surface area contributed by atoms with Crippen molar-refractivity contribution in [2.45, 2.75) is 25.4 Å². The van der Waals surface area contributed by atoms with E-state index < -0.39 is 0 Å². The summed E-state index contributed by atoms with van der Waals surface area (Å²) < 4.78 is 17.9. The summed E-state index contributed by atoms with van der Waals surface area (Å²) in [6, 6.07) is 5.00. The maximum atomic E-state index is 12.9. The van der Waals surface area contributed by atoms with Gasteiger partial charge in [0.1, 0.15) is 5.82 Å². The molecule has 1 saturated heterocycles. The van der Waals surface area contributed by atoms with E-state index in [9.17, 15) is 14.0 Å². The molecule has 0 aromatic heterocycles. The summed E-state index contributed by atoms with van der Waals surface area (Å²) in [5.74, 6) is -0.446. The quantitative estimate of drug-likeness (QED) is 0.860. The van der Waals surface area contributed by atoms with Crippen molar-refractivity contribution >= 4 is 17.6 Å². The third kappa shape index (κ3) is 4.17. The number of amides is 3. The zero-order chi connectivity index (χ0) is 16.1. The fourth-order valence-corrected chi connectivity index (χ4v) is 2.42. The number of ether oxygens (including phenoxy) is 1. The summed E-state index contributed by atoms with van der Waals surface area (Å²) >= 11 is 0. The molecule has 1 heterocycles. The molecule has 6 nitrogen and oxygen atoms in total. The van der Waals surface area contributed by atoms with Gasteiger partial charge >= 0.3 is 6.03 Å². The molecule has 3 amide bonds. The lowest BCUT2D eigenvalue weighted by atomic mass is 10.2. The number of rotatable bonds is 5. The van der Waals surface area contributed by atoms with E-state index in [1.165, 1.54) is 12.1 Å². The van der Waals surface area contributed by atoms with Crippen LogP contribution < -0.4 is 15.5 Å². The molecule has 1 aliphatic heterocycles. The normalized spacial score (nSPS) is 19.1. The van der Waals surface area contributed by atoms with Gasteiger partial charge in [0.2, 0.25) is 5.91 Å². The van der Waals surface area contributed by atoms with Crippen LogP contribution in [0.25, 0.3) is 0 Å². The third-order valence-electron chi connectivity index (χ3n) is 3.39. The minimum absolute atomic E-state index is 0.0955. The Bertz CT molecular complexity index is 535. The number of anilines is 1. The van der Waals surface area contributed by atoms with Gasteiger partial charge in [-0.05, 0) is 31.2 Å². The first-order valence-corrected chi connectivity index (χ1v) is 7.11. The van der Waals surface area contributed by atoms with Crippen LogP contribution in [0.5, 0.6) is 0 Å². The minimum Gasteiger partial charge on any atom is -0.383 e. The lowest BCUT2D eigenvalue weighted by Gasteiger charge is -2.18. The van der Waals surface area contributed by atoms with Crippen molar-refractivity contribution in [2.75, 3.05) is 25.2 Å². The molecular formula is C15H20FN3O3. The number of benzene rings is 1. The van der Waals surface area contributed by atoms with Crippen LogP contribution in [0.4, 0.5) is 14.9 Å². The first kappa shape index (κ1) is 16.2. The van der Waals surface area contributed by atoms with Crippen LogP contribution in [0.15, 0.2) is 24.3 Å². The second kappa shape index (κ2) is 7.22. The molecule has 0 radical (unpaired) electrons. The summed E-state index contributed by atoms with van der Waals surface area (Å²) in [4.78, 5) is 25.4. The molecule has 2 rings (SSSR count). The maximum absolute atomic E-state index is 12.9. The van der Waals surface area contributed by atoms with Crippen LogP contribution >= 0.6 is 0 Å². The van der Waals surface area contributed by atoms with Gasteiger partial charge in [0.25, 0.3) is 0 Å². The Balaban J connectivity index is 1.89. The van der Waals surface area contributed by atoms with E-state index in [2.05, 4.69) is 10.6 Å². The summed E-state index contributed by atoms with van der Waals surface area (Å²) in [5.41, 5.74) is 0.629. The summed E-state index contributed by atoms with van der Waals surface area (Å²) in [7, 11) is 1.56. The van der Waals surface area contributed by atoms with Gasteiger partial charge in [0, 0.05) is 25.8 Å². The van der Waals surface area contributed by atoms with Crippen LogP contribution in [0, 0.1) is 5.82 Å². The molecule has 0 saturated carbocycles. The Morgan fingerprint density at radius 2 is 2.14 bits per heavy atom. The van der Waals surface area contributed by atoms with Crippen molar-refractivity contribution in [3.8, 4) is 0 Å². The third-order valence-corrected chi connectivity index (χ3v) is 3.39. The largest absolute Gasteiger partial charge is 0.383 e. The Morgan fingerprint density at radius 3 is 2.77 bits per heavy atom. The molecular weight excluding hydrogens is 289 g/mol. The second-order valence-electron chi connectivity index (χ2n) is 5.36. The second-order valence-corrected chi connectivity index (χ2v) is 5.36. The lowest BCUT2D eigenvalue weighted by molar-refractivity contribution is -0.117. The number of methoxy groups -OCH3 is 1. The first-order chi connectivity index (χ1) is 10.5. The highest BCUT2D eigenvalue weighted by Crippen LogP contribution is 2.21. The fourth-order valence-electron chi connectivity index (χ4n) is 2.42. The van der Waals surface area contributed by atoms with E-state index >= 15 is 0 Å². The fraction of sp³-hybridized carbons (Fsp3) is 0.467. The van der Waals surface area contributed by atoms with E-state index in [0.717, 1.165) is 0 Å². The van der Waals surface area contributed by atoms with Crippen molar-refractivity contribution in [1.29, 1.82) is 0 Å². The molecule has 22 heavy (non-hydrogen) atoms. The van der Waals surface area contributed by atoms with Crippen molar-refractivity contribution in [3.05, 3.63) is 30.1 Å². The number of nitrogens with zero attached hydrogens (tertiary/aromatic N) is 1. The molecule has 0 aliphatic carbocycles. The predicted octanol–water partition coefficient (Wildman–Crippen LogP) is 1.27. The van der Waals surface area contributed by atoms with Gasteiger partial charge in [-0.25, -0.2) is 9.18 Å². The predicted molar refractivity (Wildman–Crippen MR) is 80.2 cm³/mol. The van der Waals surface area contributed by atoms with Crippen LogP contribution in [-0.4, -0.2) is 44.3 Å². The highest BCUT2D eigenvalue weighted by atomic mass is 19.1. The highest BCUT2D eigenvalue weighted by Gasteiger charge is 2.31. The number of urea groups is 1. The van der Waals surface area contributed by atoms with Gasteiger partial charge in [0.15, 0.2) is 0 Å². The van der Waals surface area contributed by atoms with Gasteiger partial charge in [-0.2, -0.15) is 0 Å².